The SMILES string of the molecule is CC(C)(C)OCc1cc(CNC(=O)N2CCC(C)(C(=O)O)C2)no1. The van der Waals surface area contributed by atoms with Crippen LogP contribution in [-0.4, -0.2) is 45.9 Å². The molecule has 2 amide bonds. The van der Waals surface area contributed by atoms with Crippen LogP contribution in [0.3, 0.4) is 0 Å². The summed E-state index contributed by atoms with van der Waals surface area (Å²) in [6, 6.07) is 1.44. The second kappa shape index (κ2) is 6.80. The molecule has 1 atom stereocenters. The molecule has 2 heterocycles. The smallest absolute Gasteiger partial charge is 0.317 e. The number of urea groups is 1. The summed E-state index contributed by atoms with van der Waals surface area (Å²) in [6.07, 6.45) is 0.452. The van der Waals surface area contributed by atoms with E-state index in [1.807, 2.05) is 20.8 Å². The van der Waals surface area contributed by atoms with Crippen LogP contribution in [0.15, 0.2) is 10.6 Å². The number of carbonyl (C=O) groups is 2. The molecule has 0 bridgehead atoms. The van der Waals surface area contributed by atoms with Gasteiger partial charge in [-0.1, -0.05) is 5.16 Å². The van der Waals surface area contributed by atoms with Crippen LogP contribution < -0.4 is 5.32 Å². The molecular weight excluding hydrogens is 314 g/mol. The monoisotopic (exact) mass is 339 g/mol. The second-order valence-electron chi connectivity index (χ2n) is 7.38. The third kappa shape index (κ3) is 4.70. The number of carboxylic acid groups (broad SMARTS) is 1. The fraction of sp³-hybridized carbons (Fsp3) is 0.688. The van der Waals surface area contributed by atoms with Crippen LogP contribution in [-0.2, 0) is 22.7 Å². The summed E-state index contributed by atoms with van der Waals surface area (Å²) < 4.78 is 10.8. The van der Waals surface area contributed by atoms with E-state index >= 15 is 0 Å². The lowest BCUT2D eigenvalue weighted by Crippen LogP contribution is -2.40. The van der Waals surface area contributed by atoms with Crippen molar-refractivity contribution in [1.82, 2.24) is 15.4 Å². The van der Waals surface area contributed by atoms with Crippen molar-refractivity contribution in [1.29, 1.82) is 0 Å². The summed E-state index contributed by atoms with van der Waals surface area (Å²) in [6.45, 7) is 8.67. The molecule has 0 aliphatic carbocycles. The highest BCUT2D eigenvalue weighted by Crippen LogP contribution is 2.29. The number of carbonyl (C=O) groups excluding carboxylic acids is 1. The predicted octanol–water partition coefficient (Wildman–Crippen LogP) is 2.00. The molecule has 2 rings (SSSR count). The van der Waals surface area contributed by atoms with Crippen molar-refractivity contribution in [2.45, 2.75) is 52.9 Å². The van der Waals surface area contributed by atoms with Crippen LogP contribution in [0, 0.1) is 5.41 Å². The van der Waals surface area contributed by atoms with Gasteiger partial charge in [-0.05, 0) is 34.1 Å². The van der Waals surface area contributed by atoms with Gasteiger partial charge in [0.15, 0.2) is 5.76 Å². The number of rotatable bonds is 5. The maximum Gasteiger partial charge on any atom is 0.317 e. The highest BCUT2D eigenvalue weighted by atomic mass is 16.5. The molecule has 8 nitrogen and oxygen atoms in total. The Labute approximate surface area is 141 Å². The minimum atomic E-state index is -0.877. The van der Waals surface area contributed by atoms with Crippen molar-refractivity contribution >= 4 is 12.0 Å². The van der Waals surface area contributed by atoms with Gasteiger partial charge in [0.1, 0.15) is 12.3 Å². The van der Waals surface area contributed by atoms with E-state index in [0.29, 0.717) is 31.0 Å². The van der Waals surface area contributed by atoms with E-state index in [2.05, 4.69) is 10.5 Å². The second-order valence-corrected chi connectivity index (χ2v) is 7.38. The van der Waals surface area contributed by atoms with Crippen molar-refractivity contribution in [3.05, 3.63) is 17.5 Å². The van der Waals surface area contributed by atoms with E-state index in [4.69, 9.17) is 9.26 Å². The number of carboxylic acids is 1. The van der Waals surface area contributed by atoms with E-state index in [-0.39, 0.29) is 24.7 Å². The molecule has 0 radical (unpaired) electrons. The minimum Gasteiger partial charge on any atom is -0.481 e. The van der Waals surface area contributed by atoms with E-state index in [9.17, 15) is 14.7 Å². The molecule has 1 aromatic rings. The molecule has 0 aromatic carbocycles. The van der Waals surface area contributed by atoms with E-state index < -0.39 is 11.4 Å². The molecule has 1 aliphatic heterocycles. The first-order valence-corrected chi connectivity index (χ1v) is 7.94. The Kier molecular flexibility index (Phi) is 5.17. The number of nitrogens with zero attached hydrogens (tertiary/aromatic N) is 2. The van der Waals surface area contributed by atoms with Crippen LogP contribution in [0.25, 0.3) is 0 Å². The molecule has 24 heavy (non-hydrogen) atoms. The van der Waals surface area contributed by atoms with Crippen LogP contribution in [0.1, 0.15) is 45.6 Å². The average Bonchev–Trinajstić information content (AvgIpc) is 3.09. The Bertz CT molecular complexity index is 607. The van der Waals surface area contributed by atoms with Crippen molar-refractivity contribution in [3.63, 3.8) is 0 Å². The molecular formula is C16H25N3O5. The average molecular weight is 339 g/mol. The van der Waals surface area contributed by atoms with Gasteiger partial charge in [-0.3, -0.25) is 4.79 Å². The van der Waals surface area contributed by atoms with Crippen molar-refractivity contribution in [2.24, 2.45) is 5.41 Å². The van der Waals surface area contributed by atoms with Gasteiger partial charge in [-0.15, -0.1) is 0 Å². The number of nitrogens with one attached hydrogen (secondary N) is 1. The van der Waals surface area contributed by atoms with Gasteiger partial charge < -0.3 is 24.6 Å². The number of amides is 2. The normalized spacial score (nSPS) is 21.1. The number of hydrogen-bond acceptors (Lipinski definition) is 5. The van der Waals surface area contributed by atoms with E-state index in [1.54, 1.807) is 13.0 Å². The fourth-order valence-electron chi connectivity index (χ4n) is 2.38. The molecule has 2 N–H and O–H groups in total. The maximum absolute atomic E-state index is 12.1. The molecule has 1 saturated heterocycles. The van der Waals surface area contributed by atoms with Crippen LogP contribution in [0.2, 0.25) is 0 Å². The summed E-state index contributed by atoms with van der Waals surface area (Å²) in [4.78, 5) is 24.9. The van der Waals surface area contributed by atoms with E-state index in [0.717, 1.165) is 0 Å². The lowest BCUT2D eigenvalue weighted by Gasteiger charge is -2.20. The molecule has 1 aromatic heterocycles. The summed E-state index contributed by atoms with van der Waals surface area (Å²) in [5.74, 6) is -0.286. The molecule has 0 saturated carbocycles. The number of aliphatic carboxylic acids is 1. The van der Waals surface area contributed by atoms with Crippen molar-refractivity contribution in [2.75, 3.05) is 13.1 Å². The maximum atomic E-state index is 12.1. The summed E-state index contributed by atoms with van der Waals surface area (Å²) in [5.41, 5.74) is -0.549. The van der Waals surface area contributed by atoms with Crippen LogP contribution >= 0.6 is 0 Å². The Morgan fingerprint density at radius 3 is 2.79 bits per heavy atom. The van der Waals surface area contributed by atoms with Crippen LogP contribution in [0.5, 0.6) is 0 Å². The Balaban J connectivity index is 1.81. The Hall–Kier alpha value is -2.09. The van der Waals surface area contributed by atoms with Gasteiger partial charge in [0.2, 0.25) is 0 Å². The van der Waals surface area contributed by atoms with Crippen LogP contribution in [0.4, 0.5) is 4.79 Å². The van der Waals surface area contributed by atoms with Gasteiger partial charge in [-0.2, -0.15) is 0 Å². The number of hydrogen-bond donors (Lipinski definition) is 2. The van der Waals surface area contributed by atoms with Gasteiger partial charge in [0, 0.05) is 19.2 Å². The first-order chi connectivity index (χ1) is 11.1. The number of ether oxygens (including phenoxy) is 1. The topological polar surface area (TPSA) is 105 Å². The Morgan fingerprint density at radius 1 is 1.50 bits per heavy atom. The predicted molar refractivity (Wildman–Crippen MR) is 85.2 cm³/mol. The summed E-state index contributed by atoms with van der Waals surface area (Å²) in [5, 5.41) is 15.8. The summed E-state index contributed by atoms with van der Waals surface area (Å²) >= 11 is 0. The third-order valence-electron chi connectivity index (χ3n) is 3.95. The zero-order valence-electron chi connectivity index (χ0n) is 14.6. The highest BCUT2D eigenvalue weighted by molar-refractivity contribution is 5.79. The largest absolute Gasteiger partial charge is 0.481 e. The van der Waals surface area contributed by atoms with Crippen molar-refractivity contribution < 1.29 is 24.0 Å². The van der Waals surface area contributed by atoms with Crippen molar-refractivity contribution in [3.8, 4) is 0 Å². The van der Waals surface area contributed by atoms with Gasteiger partial charge in [-0.25, -0.2) is 4.79 Å². The van der Waals surface area contributed by atoms with Gasteiger partial charge in [0.05, 0.1) is 17.6 Å². The first kappa shape index (κ1) is 18.3. The van der Waals surface area contributed by atoms with E-state index in [1.165, 1.54) is 4.90 Å². The number of likely N-dealkylation sites (tertiary alicyclic amines) is 1. The molecule has 1 aliphatic rings. The zero-order chi connectivity index (χ0) is 18.0. The third-order valence-corrected chi connectivity index (χ3v) is 3.95. The highest BCUT2D eigenvalue weighted by Gasteiger charge is 2.42. The minimum absolute atomic E-state index is 0.206. The standard InChI is InChI=1S/C16H25N3O5/c1-15(2,3)23-9-12-7-11(18-24-12)8-17-14(22)19-6-5-16(4,10-19)13(20)21/h7H,5-6,8-10H2,1-4H3,(H,17,22)(H,20,21). The fourth-order valence-corrected chi connectivity index (χ4v) is 2.38. The van der Waals surface area contributed by atoms with Gasteiger partial charge in [0.25, 0.3) is 0 Å². The quantitative estimate of drug-likeness (QED) is 0.850. The molecule has 134 valence electrons. The molecule has 8 heteroatoms. The molecule has 0 spiro atoms. The zero-order valence-corrected chi connectivity index (χ0v) is 14.6. The van der Waals surface area contributed by atoms with Gasteiger partial charge >= 0.3 is 12.0 Å². The Morgan fingerprint density at radius 2 is 2.21 bits per heavy atom. The first-order valence-electron chi connectivity index (χ1n) is 7.94. The lowest BCUT2D eigenvalue weighted by atomic mass is 9.90. The number of aromatic nitrogens is 1. The summed E-state index contributed by atoms with van der Waals surface area (Å²) in [7, 11) is 0. The molecule has 1 fully saturated rings. The molecule has 1 unspecified atom stereocenters. The lowest BCUT2D eigenvalue weighted by molar-refractivity contribution is -0.147.